The van der Waals surface area contributed by atoms with Crippen LogP contribution in [0.2, 0.25) is 0 Å². The van der Waals surface area contributed by atoms with E-state index < -0.39 is 0 Å². The van der Waals surface area contributed by atoms with E-state index in [1.165, 1.54) is 6.20 Å². The lowest BCUT2D eigenvalue weighted by atomic mass is 10.1. The molecule has 0 aliphatic heterocycles. The number of hydrogen-bond acceptors (Lipinski definition) is 2. The van der Waals surface area contributed by atoms with Crippen molar-refractivity contribution in [3.8, 4) is 0 Å². The van der Waals surface area contributed by atoms with Gasteiger partial charge in [0.2, 0.25) is 0 Å². The van der Waals surface area contributed by atoms with Gasteiger partial charge in [0.05, 0.1) is 6.20 Å². The second kappa shape index (κ2) is 8.67. The summed E-state index contributed by atoms with van der Waals surface area (Å²) >= 11 is 16.6. The van der Waals surface area contributed by atoms with Crippen LogP contribution in [0.3, 0.4) is 0 Å². The van der Waals surface area contributed by atoms with Gasteiger partial charge in [0.1, 0.15) is 10.3 Å². The molecule has 0 fully saturated rings. The monoisotopic (exact) mass is 363 g/mol. The summed E-state index contributed by atoms with van der Waals surface area (Å²) in [6.45, 7) is 2.02. The molecule has 0 bridgehead atoms. The van der Waals surface area contributed by atoms with Crippen LogP contribution in [0.4, 0.5) is 5.69 Å². The molecule has 0 aliphatic rings. The zero-order valence-electron chi connectivity index (χ0n) is 12.4. The highest BCUT2D eigenvalue weighted by Gasteiger charge is 2.06. The Kier molecular flexibility index (Phi) is 6.59. The van der Waals surface area contributed by atoms with E-state index in [2.05, 4.69) is 15.6 Å². The van der Waals surface area contributed by atoms with Crippen LogP contribution < -0.4 is 10.6 Å². The first kappa shape index (κ1) is 17.5. The van der Waals surface area contributed by atoms with Crippen molar-refractivity contribution in [2.45, 2.75) is 6.92 Å². The molecule has 3 nitrogen and oxygen atoms in total. The molecule has 23 heavy (non-hydrogen) atoms. The molecule has 0 aliphatic carbocycles. The summed E-state index contributed by atoms with van der Waals surface area (Å²) in [7, 11) is 0. The third-order valence-electron chi connectivity index (χ3n) is 2.88. The quantitative estimate of drug-likeness (QED) is 0.457. The molecule has 0 atom stereocenters. The summed E-state index contributed by atoms with van der Waals surface area (Å²) in [5.74, 6) is 0.553. The molecule has 6 heteroatoms. The first-order valence-electron chi connectivity index (χ1n) is 6.83. The second-order valence-corrected chi connectivity index (χ2v) is 6.12. The van der Waals surface area contributed by atoms with E-state index in [1.54, 1.807) is 0 Å². The lowest BCUT2D eigenvalue weighted by Crippen LogP contribution is -2.34. The third kappa shape index (κ3) is 6.02. The molecule has 0 heterocycles. The fourth-order valence-electron chi connectivity index (χ4n) is 1.80. The van der Waals surface area contributed by atoms with Crippen molar-refractivity contribution in [1.82, 2.24) is 5.32 Å². The molecule has 2 rings (SSSR count). The zero-order valence-corrected chi connectivity index (χ0v) is 14.7. The largest absolute Gasteiger partial charge is 0.332 e. The normalized spacial score (nSPS) is 10.8. The van der Waals surface area contributed by atoms with Crippen molar-refractivity contribution in [2.24, 2.45) is 4.99 Å². The number of nitrogens with one attached hydrogen (secondary N) is 2. The molecule has 0 spiro atoms. The van der Waals surface area contributed by atoms with E-state index >= 15 is 0 Å². The molecule has 2 aromatic carbocycles. The summed E-state index contributed by atoms with van der Waals surface area (Å²) in [6, 6.07) is 17.5. The SMILES string of the molecule is Cc1ccc(C(=NC=C(Cl)Cl)NC(=S)Nc2ccccc2)cc1. The average Bonchev–Trinajstić information content (AvgIpc) is 2.53. The number of rotatable bonds is 3. The van der Waals surface area contributed by atoms with E-state index in [-0.39, 0.29) is 4.49 Å². The molecule has 2 N–H and O–H groups in total. The van der Waals surface area contributed by atoms with Gasteiger partial charge in [-0.1, -0.05) is 71.2 Å². The van der Waals surface area contributed by atoms with E-state index in [9.17, 15) is 0 Å². The fourth-order valence-corrected chi connectivity index (χ4v) is 2.11. The first-order valence-corrected chi connectivity index (χ1v) is 8.00. The van der Waals surface area contributed by atoms with Crippen LogP contribution in [-0.2, 0) is 0 Å². The van der Waals surface area contributed by atoms with Gasteiger partial charge in [-0.3, -0.25) is 0 Å². The van der Waals surface area contributed by atoms with Crippen molar-refractivity contribution < 1.29 is 0 Å². The van der Waals surface area contributed by atoms with Crippen LogP contribution in [0, 0.1) is 6.92 Å². The Bertz CT molecular complexity index is 721. The summed E-state index contributed by atoms with van der Waals surface area (Å²) in [4.78, 5) is 4.26. The number of benzene rings is 2. The predicted octanol–water partition coefficient (Wildman–Crippen LogP) is 5.00. The van der Waals surface area contributed by atoms with Gasteiger partial charge in [0.25, 0.3) is 0 Å². The number of aliphatic imine (C=N–C) groups is 1. The first-order chi connectivity index (χ1) is 11.0. The van der Waals surface area contributed by atoms with Crippen LogP contribution >= 0.6 is 35.4 Å². The Hall–Kier alpha value is -1.88. The highest BCUT2D eigenvalue weighted by molar-refractivity contribution is 7.80. The number of hydrogen-bond donors (Lipinski definition) is 2. The van der Waals surface area contributed by atoms with Gasteiger partial charge < -0.3 is 10.6 Å². The Morgan fingerprint density at radius 3 is 2.30 bits per heavy atom. The number of aryl methyl sites for hydroxylation is 1. The highest BCUT2D eigenvalue weighted by atomic mass is 35.5. The summed E-state index contributed by atoms with van der Waals surface area (Å²) < 4.78 is 0.0679. The van der Waals surface area contributed by atoms with Gasteiger partial charge in [0.15, 0.2) is 5.11 Å². The number of thiocarbonyl (C=S) groups is 1. The van der Waals surface area contributed by atoms with Crippen molar-refractivity contribution in [2.75, 3.05) is 5.32 Å². The van der Waals surface area contributed by atoms with Gasteiger partial charge in [-0.2, -0.15) is 0 Å². The number of halogens is 2. The minimum absolute atomic E-state index is 0.0679. The fraction of sp³-hybridized carbons (Fsp3) is 0.0588. The van der Waals surface area contributed by atoms with Crippen LogP contribution in [0.5, 0.6) is 0 Å². The van der Waals surface area contributed by atoms with Gasteiger partial charge in [0, 0.05) is 11.3 Å². The predicted molar refractivity (Wildman–Crippen MR) is 103 cm³/mol. The molecule has 0 aromatic heterocycles. The minimum atomic E-state index is 0.0679. The zero-order chi connectivity index (χ0) is 16.7. The summed E-state index contributed by atoms with van der Waals surface area (Å²) in [5, 5.41) is 6.58. The molecule has 0 radical (unpaired) electrons. The van der Waals surface area contributed by atoms with Crippen molar-refractivity contribution >= 4 is 52.1 Å². The molecule has 0 amide bonds. The maximum atomic E-state index is 5.64. The number of anilines is 1. The highest BCUT2D eigenvalue weighted by Crippen LogP contribution is 2.09. The van der Waals surface area contributed by atoms with Crippen molar-refractivity contribution in [3.05, 3.63) is 76.4 Å². The Labute approximate surface area is 151 Å². The lowest BCUT2D eigenvalue weighted by molar-refractivity contribution is 1.32. The van der Waals surface area contributed by atoms with Gasteiger partial charge in [-0.15, -0.1) is 0 Å². The Morgan fingerprint density at radius 1 is 1.04 bits per heavy atom. The van der Waals surface area contributed by atoms with Gasteiger partial charge in [-0.05, 0) is 31.3 Å². The smallest absolute Gasteiger partial charge is 0.176 e. The topological polar surface area (TPSA) is 36.4 Å². The molecular weight excluding hydrogens is 349 g/mol. The van der Waals surface area contributed by atoms with Crippen LogP contribution in [0.25, 0.3) is 0 Å². The maximum Gasteiger partial charge on any atom is 0.176 e. The number of nitrogens with zero attached hydrogens (tertiary/aromatic N) is 1. The number of para-hydroxylation sites is 1. The number of amidine groups is 1. The van der Waals surface area contributed by atoms with Crippen LogP contribution in [0.1, 0.15) is 11.1 Å². The minimum Gasteiger partial charge on any atom is -0.332 e. The summed E-state index contributed by atoms with van der Waals surface area (Å²) in [5.41, 5.74) is 2.92. The van der Waals surface area contributed by atoms with Gasteiger partial charge in [-0.25, -0.2) is 4.99 Å². The molecule has 0 unspecified atom stereocenters. The standard InChI is InChI=1S/C17H15Cl2N3S/c1-12-7-9-13(10-8-12)16(20-11-15(18)19)22-17(23)21-14-5-3-2-4-6-14/h2-11H,1H3,(H2,20,21,22,23). The van der Waals surface area contributed by atoms with E-state index in [1.807, 2.05) is 61.5 Å². The van der Waals surface area contributed by atoms with Crippen molar-refractivity contribution in [1.29, 1.82) is 0 Å². The van der Waals surface area contributed by atoms with Gasteiger partial charge >= 0.3 is 0 Å². The van der Waals surface area contributed by atoms with E-state index in [4.69, 9.17) is 35.4 Å². The molecule has 0 saturated heterocycles. The molecule has 0 saturated carbocycles. The van der Waals surface area contributed by atoms with E-state index in [0.717, 1.165) is 16.8 Å². The Balaban J connectivity index is 2.17. The maximum absolute atomic E-state index is 5.64. The molecular formula is C17H15Cl2N3S. The summed E-state index contributed by atoms with van der Waals surface area (Å²) in [6.07, 6.45) is 1.36. The van der Waals surface area contributed by atoms with E-state index in [0.29, 0.717) is 10.9 Å². The molecule has 118 valence electrons. The third-order valence-corrected chi connectivity index (χ3v) is 3.28. The Morgan fingerprint density at radius 2 is 1.70 bits per heavy atom. The lowest BCUT2D eigenvalue weighted by Gasteiger charge is -2.12. The van der Waals surface area contributed by atoms with Crippen LogP contribution in [-0.4, -0.2) is 10.9 Å². The van der Waals surface area contributed by atoms with Crippen molar-refractivity contribution in [3.63, 3.8) is 0 Å². The average molecular weight is 364 g/mol. The van der Waals surface area contributed by atoms with Crippen LogP contribution in [0.15, 0.2) is 70.3 Å². The second-order valence-electron chi connectivity index (χ2n) is 4.71. The molecule has 2 aromatic rings.